The maximum absolute atomic E-state index is 6.24. The summed E-state index contributed by atoms with van der Waals surface area (Å²) >= 11 is 6.24. The molecule has 2 rings (SSSR count). The largest absolute Gasteiger partial charge is 0.384 e. The first kappa shape index (κ1) is 15.1. The Balaban J connectivity index is 1.98. The summed E-state index contributed by atoms with van der Waals surface area (Å²) in [5.74, 6) is 0. The van der Waals surface area contributed by atoms with Gasteiger partial charge in [-0.25, -0.2) is 0 Å². The van der Waals surface area contributed by atoms with E-state index in [1.54, 1.807) is 0 Å². The van der Waals surface area contributed by atoms with Crippen LogP contribution in [0.5, 0.6) is 0 Å². The van der Waals surface area contributed by atoms with E-state index in [0.717, 1.165) is 43.0 Å². The molecule has 0 spiro atoms. The zero-order valence-corrected chi connectivity index (χ0v) is 13.1. The molecule has 0 saturated carbocycles. The number of nitrogens with one attached hydrogen (secondary N) is 1. The lowest BCUT2D eigenvalue weighted by Crippen LogP contribution is -2.25. The Labute approximate surface area is 126 Å². The Morgan fingerprint density at radius 2 is 1.70 bits per heavy atom. The van der Waals surface area contributed by atoms with Gasteiger partial charge >= 0.3 is 0 Å². The van der Waals surface area contributed by atoms with Gasteiger partial charge in [-0.1, -0.05) is 49.7 Å². The van der Waals surface area contributed by atoms with Crippen molar-refractivity contribution in [3.05, 3.63) is 41.4 Å². The van der Waals surface area contributed by atoms with Gasteiger partial charge in [0, 0.05) is 28.0 Å². The van der Waals surface area contributed by atoms with Crippen LogP contribution in [-0.2, 0) is 0 Å². The molecule has 0 fully saturated rings. The molecule has 0 amide bonds. The van der Waals surface area contributed by atoms with Crippen LogP contribution in [0.25, 0.3) is 10.8 Å². The highest BCUT2D eigenvalue weighted by Crippen LogP contribution is 2.29. The van der Waals surface area contributed by atoms with Crippen LogP contribution in [0.1, 0.15) is 20.3 Å². The van der Waals surface area contributed by atoms with E-state index in [-0.39, 0.29) is 0 Å². The van der Waals surface area contributed by atoms with Gasteiger partial charge in [0.15, 0.2) is 0 Å². The Kier molecular flexibility index (Phi) is 5.69. The summed E-state index contributed by atoms with van der Waals surface area (Å²) in [4.78, 5) is 2.45. The van der Waals surface area contributed by atoms with E-state index < -0.39 is 0 Å². The lowest BCUT2D eigenvalue weighted by molar-refractivity contribution is 0.303. The van der Waals surface area contributed by atoms with Crippen molar-refractivity contribution < 1.29 is 0 Å². The van der Waals surface area contributed by atoms with Crippen molar-refractivity contribution in [2.24, 2.45) is 0 Å². The minimum absolute atomic E-state index is 0.814. The first-order chi connectivity index (χ1) is 9.76. The van der Waals surface area contributed by atoms with Crippen LogP contribution in [0.15, 0.2) is 36.4 Å². The van der Waals surface area contributed by atoms with Crippen LogP contribution < -0.4 is 5.32 Å². The summed E-state index contributed by atoms with van der Waals surface area (Å²) < 4.78 is 0. The Bertz CT molecular complexity index is 550. The molecule has 0 saturated heterocycles. The molecule has 0 aliphatic heterocycles. The highest BCUT2D eigenvalue weighted by molar-refractivity contribution is 6.36. The number of anilines is 1. The minimum Gasteiger partial charge on any atom is -0.384 e. The van der Waals surface area contributed by atoms with Gasteiger partial charge in [0.2, 0.25) is 0 Å². The quantitative estimate of drug-likeness (QED) is 0.748. The van der Waals surface area contributed by atoms with Crippen LogP contribution >= 0.6 is 11.6 Å². The van der Waals surface area contributed by atoms with E-state index in [1.807, 2.05) is 12.1 Å². The molecular weight excluding hydrogens is 268 g/mol. The molecule has 0 radical (unpaired) electrons. The summed E-state index contributed by atoms with van der Waals surface area (Å²) in [6.07, 6.45) is 1.15. The number of fused-ring (bicyclic) bond motifs is 1. The van der Waals surface area contributed by atoms with Gasteiger partial charge in [-0.15, -0.1) is 0 Å². The molecule has 20 heavy (non-hydrogen) atoms. The summed E-state index contributed by atoms with van der Waals surface area (Å²) in [6, 6.07) is 12.3. The van der Waals surface area contributed by atoms with Gasteiger partial charge in [-0.3, -0.25) is 0 Å². The fourth-order valence-electron chi connectivity index (χ4n) is 2.48. The molecule has 0 bridgehead atoms. The molecular formula is C17H23ClN2. The lowest BCUT2D eigenvalue weighted by atomic mass is 10.1. The van der Waals surface area contributed by atoms with Crippen molar-refractivity contribution in [1.29, 1.82) is 0 Å². The highest BCUT2D eigenvalue weighted by atomic mass is 35.5. The third-order valence-corrected chi connectivity index (χ3v) is 4.06. The molecule has 2 aromatic rings. The molecule has 2 aromatic carbocycles. The number of halogens is 1. The molecule has 0 atom stereocenters. The molecule has 3 heteroatoms. The molecule has 1 N–H and O–H groups in total. The second kappa shape index (κ2) is 7.51. The maximum atomic E-state index is 6.24. The van der Waals surface area contributed by atoms with E-state index >= 15 is 0 Å². The SMILES string of the molecule is CCN(CC)CCCNc1ccc(Cl)c2ccccc12. The minimum atomic E-state index is 0.814. The average molecular weight is 291 g/mol. The highest BCUT2D eigenvalue weighted by Gasteiger charge is 2.04. The summed E-state index contributed by atoms with van der Waals surface area (Å²) in [6.45, 7) is 8.81. The van der Waals surface area contributed by atoms with Crippen LogP contribution in [0, 0.1) is 0 Å². The Morgan fingerprint density at radius 1 is 1.00 bits per heavy atom. The molecule has 0 aliphatic rings. The number of hydrogen-bond acceptors (Lipinski definition) is 2. The number of nitrogens with zero attached hydrogens (tertiary/aromatic N) is 1. The Morgan fingerprint density at radius 3 is 2.40 bits per heavy atom. The number of benzene rings is 2. The Hall–Kier alpha value is -1.25. The molecule has 0 heterocycles. The molecule has 2 nitrogen and oxygen atoms in total. The number of rotatable bonds is 7. The normalized spacial score (nSPS) is 11.2. The molecule has 0 aliphatic carbocycles. The van der Waals surface area contributed by atoms with E-state index in [2.05, 4.69) is 48.3 Å². The van der Waals surface area contributed by atoms with Crippen molar-refractivity contribution >= 4 is 28.1 Å². The smallest absolute Gasteiger partial charge is 0.0485 e. The van der Waals surface area contributed by atoms with Gasteiger partial charge in [0.25, 0.3) is 0 Å². The van der Waals surface area contributed by atoms with Crippen molar-refractivity contribution in [3.63, 3.8) is 0 Å². The molecule has 108 valence electrons. The number of hydrogen-bond donors (Lipinski definition) is 1. The standard InChI is InChI=1S/C17H23ClN2/c1-3-20(4-2)13-7-12-19-17-11-10-16(18)14-8-5-6-9-15(14)17/h5-6,8-11,19H,3-4,7,12-13H2,1-2H3. The van der Waals surface area contributed by atoms with E-state index in [9.17, 15) is 0 Å². The first-order valence-electron chi connectivity index (χ1n) is 7.39. The lowest BCUT2D eigenvalue weighted by Gasteiger charge is -2.18. The van der Waals surface area contributed by atoms with Crippen molar-refractivity contribution in [1.82, 2.24) is 4.90 Å². The second-order valence-electron chi connectivity index (χ2n) is 4.95. The van der Waals surface area contributed by atoms with Crippen LogP contribution in [0.4, 0.5) is 5.69 Å². The fourth-order valence-corrected chi connectivity index (χ4v) is 2.71. The topological polar surface area (TPSA) is 15.3 Å². The van der Waals surface area contributed by atoms with Gasteiger partial charge in [0.05, 0.1) is 0 Å². The first-order valence-corrected chi connectivity index (χ1v) is 7.77. The monoisotopic (exact) mass is 290 g/mol. The molecule has 0 aromatic heterocycles. The zero-order chi connectivity index (χ0) is 14.4. The van der Waals surface area contributed by atoms with Gasteiger partial charge in [-0.2, -0.15) is 0 Å². The predicted molar refractivity (Wildman–Crippen MR) is 89.9 cm³/mol. The van der Waals surface area contributed by atoms with Crippen LogP contribution in [0.3, 0.4) is 0 Å². The third kappa shape index (κ3) is 3.65. The van der Waals surface area contributed by atoms with Crippen LogP contribution in [0.2, 0.25) is 5.02 Å². The van der Waals surface area contributed by atoms with Crippen LogP contribution in [-0.4, -0.2) is 31.1 Å². The van der Waals surface area contributed by atoms with Crippen molar-refractivity contribution in [2.75, 3.05) is 31.5 Å². The van der Waals surface area contributed by atoms with E-state index in [4.69, 9.17) is 11.6 Å². The zero-order valence-electron chi connectivity index (χ0n) is 12.3. The summed E-state index contributed by atoms with van der Waals surface area (Å²) in [5.41, 5.74) is 1.17. The van der Waals surface area contributed by atoms with Gasteiger partial charge in [-0.05, 0) is 38.2 Å². The van der Waals surface area contributed by atoms with Gasteiger partial charge in [0.1, 0.15) is 0 Å². The average Bonchev–Trinajstić information content (AvgIpc) is 2.50. The fraction of sp³-hybridized carbons (Fsp3) is 0.412. The van der Waals surface area contributed by atoms with E-state index in [0.29, 0.717) is 0 Å². The van der Waals surface area contributed by atoms with Crippen molar-refractivity contribution in [3.8, 4) is 0 Å². The maximum Gasteiger partial charge on any atom is 0.0485 e. The summed E-state index contributed by atoms with van der Waals surface area (Å²) in [5, 5.41) is 6.66. The predicted octanol–water partition coefficient (Wildman–Crippen LogP) is 4.64. The second-order valence-corrected chi connectivity index (χ2v) is 5.35. The van der Waals surface area contributed by atoms with Gasteiger partial charge < -0.3 is 10.2 Å². The third-order valence-electron chi connectivity index (χ3n) is 3.73. The summed E-state index contributed by atoms with van der Waals surface area (Å²) in [7, 11) is 0. The van der Waals surface area contributed by atoms with E-state index in [1.165, 1.54) is 11.1 Å². The van der Waals surface area contributed by atoms with Crippen molar-refractivity contribution in [2.45, 2.75) is 20.3 Å². The molecule has 0 unspecified atom stereocenters.